The minimum atomic E-state index is -0.847. The van der Waals surface area contributed by atoms with Crippen molar-refractivity contribution in [3.8, 4) is 0 Å². The summed E-state index contributed by atoms with van der Waals surface area (Å²) in [5.74, 6) is -0.213. The van der Waals surface area contributed by atoms with E-state index >= 15 is 0 Å². The number of carbonyl (C=O) groups is 1. The van der Waals surface area contributed by atoms with E-state index < -0.39 is 6.10 Å². The second-order valence-electron chi connectivity index (χ2n) is 1.42. The molecule has 1 atom stereocenters. The van der Waals surface area contributed by atoms with Gasteiger partial charge in [-0.15, -0.1) is 0 Å². The van der Waals surface area contributed by atoms with Crippen molar-refractivity contribution in [1.82, 2.24) is 0 Å². The van der Waals surface area contributed by atoms with Crippen LogP contribution in [0.3, 0.4) is 0 Å². The third-order valence-corrected chi connectivity index (χ3v) is 0.743. The van der Waals surface area contributed by atoms with Crippen LogP contribution in [0.25, 0.3) is 0 Å². The van der Waals surface area contributed by atoms with Crippen molar-refractivity contribution in [3.05, 3.63) is 6.92 Å². The van der Waals surface area contributed by atoms with Crippen LogP contribution in [0.15, 0.2) is 0 Å². The van der Waals surface area contributed by atoms with Gasteiger partial charge in [-0.3, -0.25) is 4.79 Å². The molecule has 0 aromatic carbocycles. The Morgan fingerprint density at radius 1 is 2.00 bits per heavy atom. The molecule has 0 rings (SSSR count). The maximum atomic E-state index is 10.1. The molecule has 2 nitrogen and oxygen atoms in total. The van der Waals surface area contributed by atoms with E-state index in [0.29, 0.717) is 0 Å². The molecule has 41 valence electrons. The molecule has 0 aromatic heterocycles. The number of carbonyl (C=O) groups excluding carboxylic acids is 1. The normalized spacial score (nSPS) is 13.6. The molecule has 1 N–H and O–H groups in total. The molecule has 0 saturated heterocycles. The average molecular weight is 101 g/mol. The highest BCUT2D eigenvalue weighted by molar-refractivity contribution is 5.80. The lowest BCUT2D eigenvalue weighted by molar-refractivity contribution is -0.124. The standard InChI is InChI=1S/C5H9O2/c1-3-5(7)4(2)6/h5,7H,1,3H2,2H3/t5-/m0/s1. The lowest BCUT2D eigenvalue weighted by atomic mass is 10.2. The van der Waals surface area contributed by atoms with Crippen LogP contribution in [0.4, 0.5) is 0 Å². The van der Waals surface area contributed by atoms with Gasteiger partial charge in [-0.1, -0.05) is 6.92 Å². The van der Waals surface area contributed by atoms with Gasteiger partial charge in [-0.05, 0) is 13.3 Å². The van der Waals surface area contributed by atoms with Crippen molar-refractivity contribution < 1.29 is 9.90 Å². The van der Waals surface area contributed by atoms with Crippen molar-refractivity contribution in [2.24, 2.45) is 0 Å². The molecule has 0 heterocycles. The van der Waals surface area contributed by atoms with Gasteiger partial charge in [-0.2, -0.15) is 0 Å². The molecule has 0 aliphatic carbocycles. The summed E-state index contributed by atoms with van der Waals surface area (Å²) in [5, 5.41) is 8.52. The van der Waals surface area contributed by atoms with Gasteiger partial charge in [0.1, 0.15) is 6.10 Å². The first-order chi connectivity index (χ1) is 3.18. The zero-order chi connectivity index (χ0) is 5.86. The number of ketones is 1. The van der Waals surface area contributed by atoms with Crippen molar-refractivity contribution in [3.63, 3.8) is 0 Å². The van der Waals surface area contributed by atoms with Crippen LogP contribution >= 0.6 is 0 Å². The van der Waals surface area contributed by atoms with Crippen molar-refractivity contribution >= 4 is 5.78 Å². The van der Waals surface area contributed by atoms with Gasteiger partial charge < -0.3 is 5.11 Å². The summed E-state index contributed by atoms with van der Waals surface area (Å²) in [7, 11) is 0. The second kappa shape index (κ2) is 2.75. The summed E-state index contributed by atoms with van der Waals surface area (Å²) in [6.07, 6.45) is -0.574. The van der Waals surface area contributed by atoms with Gasteiger partial charge in [0.05, 0.1) is 0 Å². The first kappa shape index (κ1) is 6.63. The van der Waals surface area contributed by atoms with E-state index in [1.165, 1.54) is 6.92 Å². The molecule has 0 bridgehead atoms. The van der Waals surface area contributed by atoms with E-state index in [1.807, 2.05) is 0 Å². The van der Waals surface area contributed by atoms with Crippen molar-refractivity contribution in [2.45, 2.75) is 19.4 Å². The topological polar surface area (TPSA) is 37.3 Å². The molecule has 0 unspecified atom stereocenters. The number of hydrogen-bond donors (Lipinski definition) is 1. The highest BCUT2D eigenvalue weighted by atomic mass is 16.3. The number of Topliss-reactive ketones (excluding diaryl/α,β-unsaturated/α-hetero) is 1. The van der Waals surface area contributed by atoms with Gasteiger partial charge in [0.25, 0.3) is 0 Å². The number of hydrogen-bond acceptors (Lipinski definition) is 2. The van der Waals surface area contributed by atoms with E-state index in [0.717, 1.165) is 0 Å². The second-order valence-corrected chi connectivity index (χ2v) is 1.42. The Morgan fingerprint density at radius 2 is 2.43 bits per heavy atom. The lowest BCUT2D eigenvalue weighted by Crippen LogP contribution is -2.14. The number of aliphatic hydroxyl groups excluding tert-OH is 1. The van der Waals surface area contributed by atoms with Crippen LogP contribution in [0, 0.1) is 6.92 Å². The van der Waals surface area contributed by atoms with Gasteiger partial charge in [-0.25, -0.2) is 0 Å². The molecule has 0 aromatic rings. The van der Waals surface area contributed by atoms with Crippen LogP contribution in [0.1, 0.15) is 13.3 Å². The molecule has 0 fully saturated rings. The zero-order valence-corrected chi connectivity index (χ0v) is 4.35. The predicted molar refractivity (Wildman–Crippen MR) is 26.7 cm³/mol. The SMILES string of the molecule is [CH2]C[C@H](O)C(C)=O. The van der Waals surface area contributed by atoms with Crippen molar-refractivity contribution in [1.29, 1.82) is 0 Å². The first-order valence-electron chi connectivity index (χ1n) is 2.16. The van der Waals surface area contributed by atoms with Crippen LogP contribution in [-0.2, 0) is 4.79 Å². The van der Waals surface area contributed by atoms with E-state index in [4.69, 9.17) is 5.11 Å². The fraction of sp³-hybridized carbons (Fsp3) is 0.600. The van der Waals surface area contributed by atoms with E-state index in [9.17, 15) is 4.79 Å². The molecule has 0 saturated carbocycles. The number of aliphatic hydroxyl groups is 1. The molecule has 1 radical (unpaired) electrons. The molecule has 0 aliphatic heterocycles. The molecule has 0 spiro atoms. The maximum Gasteiger partial charge on any atom is 0.158 e. The summed E-state index contributed by atoms with van der Waals surface area (Å²) in [6.45, 7) is 4.68. The Morgan fingerprint density at radius 3 is 2.43 bits per heavy atom. The summed E-state index contributed by atoms with van der Waals surface area (Å²) < 4.78 is 0. The Bertz CT molecular complexity index is 68.5. The van der Waals surface area contributed by atoms with Crippen LogP contribution in [-0.4, -0.2) is 17.0 Å². The summed E-state index contributed by atoms with van der Waals surface area (Å²) in [6, 6.07) is 0. The van der Waals surface area contributed by atoms with E-state index in [-0.39, 0.29) is 12.2 Å². The minimum Gasteiger partial charge on any atom is -0.385 e. The van der Waals surface area contributed by atoms with Crippen LogP contribution < -0.4 is 0 Å². The predicted octanol–water partition coefficient (Wildman–Crippen LogP) is 0.160. The molecular formula is C5H9O2. The lowest BCUT2D eigenvalue weighted by Gasteiger charge is -1.97. The zero-order valence-electron chi connectivity index (χ0n) is 4.35. The largest absolute Gasteiger partial charge is 0.385 e. The van der Waals surface area contributed by atoms with Gasteiger partial charge in [0, 0.05) is 0 Å². The highest BCUT2D eigenvalue weighted by Gasteiger charge is 2.03. The summed E-state index contributed by atoms with van der Waals surface area (Å²) in [5.41, 5.74) is 0. The smallest absolute Gasteiger partial charge is 0.158 e. The third kappa shape index (κ3) is 2.34. The monoisotopic (exact) mass is 101 g/mol. The average Bonchev–Trinajstić information content (AvgIpc) is 1.65. The number of rotatable bonds is 2. The highest BCUT2D eigenvalue weighted by Crippen LogP contribution is 1.87. The van der Waals surface area contributed by atoms with Crippen molar-refractivity contribution in [2.75, 3.05) is 0 Å². The minimum absolute atomic E-state index is 0.213. The maximum absolute atomic E-state index is 10.1. The Balaban J connectivity index is 3.34. The van der Waals surface area contributed by atoms with Gasteiger partial charge in [0.2, 0.25) is 0 Å². The fourth-order valence-corrected chi connectivity index (χ4v) is 0.203. The Hall–Kier alpha value is -0.370. The van der Waals surface area contributed by atoms with Crippen LogP contribution in [0.5, 0.6) is 0 Å². The van der Waals surface area contributed by atoms with Gasteiger partial charge in [0.15, 0.2) is 5.78 Å². The fourth-order valence-electron chi connectivity index (χ4n) is 0.203. The molecule has 0 aliphatic rings. The quantitative estimate of drug-likeness (QED) is 0.538. The molecule has 0 amide bonds. The van der Waals surface area contributed by atoms with E-state index in [2.05, 4.69) is 6.92 Å². The first-order valence-corrected chi connectivity index (χ1v) is 2.16. The summed E-state index contributed by atoms with van der Waals surface area (Å²) >= 11 is 0. The molecule has 7 heavy (non-hydrogen) atoms. The van der Waals surface area contributed by atoms with E-state index in [1.54, 1.807) is 0 Å². The molecule has 2 heteroatoms. The molecular weight excluding hydrogens is 92.1 g/mol. The summed E-state index contributed by atoms with van der Waals surface area (Å²) in [4.78, 5) is 10.1. The Labute approximate surface area is 43.2 Å². The van der Waals surface area contributed by atoms with Gasteiger partial charge >= 0.3 is 0 Å². The van der Waals surface area contributed by atoms with Crippen LogP contribution in [0.2, 0.25) is 0 Å². The third-order valence-electron chi connectivity index (χ3n) is 0.743. The Kier molecular flexibility index (Phi) is 2.60.